The van der Waals surface area contributed by atoms with Crippen molar-refractivity contribution >= 4 is 17.3 Å². The number of halogens is 1. The van der Waals surface area contributed by atoms with Crippen LogP contribution in [0.25, 0.3) is 5.69 Å². The quantitative estimate of drug-likeness (QED) is 0.634. The van der Waals surface area contributed by atoms with Gasteiger partial charge in [0.05, 0.1) is 5.69 Å². The molecule has 3 heterocycles. The van der Waals surface area contributed by atoms with Gasteiger partial charge in [0.15, 0.2) is 0 Å². The summed E-state index contributed by atoms with van der Waals surface area (Å²) in [7, 11) is 1.77. The Kier molecular flexibility index (Phi) is 5.71. The van der Waals surface area contributed by atoms with Crippen LogP contribution in [0.15, 0.2) is 42.9 Å². The summed E-state index contributed by atoms with van der Waals surface area (Å²) in [6.07, 6.45) is 5.23. The molecule has 3 aromatic rings. The highest BCUT2D eigenvalue weighted by atomic mass is 19.1. The van der Waals surface area contributed by atoms with Crippen molar-refractivity contribution in [3.8, 4) is 5.69 Å². The van der Waals surface area contributed by atoms with Gasteiger partial charge >= 0.3 is 0 Å². The lowest BCUT2D eigenvalue weighted by atomic mass is 9.97. The Morgan fingerprint density at radius 1 is 1.17 bits per heavy atom. The van der Waals surface area contributed by atoms with Crippen LogP contribution in [-0.4, -0.2) is 46.6 Å². The standard InChI is InChI=1S/C21H25FN6O.H2/c1-15-9-17(11-19(10-15)27-7-4-16(5-8-27)13-29-2)25-21-24-14-28(26-21)18-3-6-23-20(22)12-18;/h3,6,9-12,14,16H,4-5,7-8,13H2,1-2H3,(H,25,26);1H. The average Bonchev–Trinajstić information content (AvgIpc) is 3.17. The molecule has 1 fully saturated rings. The molecule has 8 heteroatoms. The molecule has 1 N–H and O–H groups in total. The lowest BCUT2D eigenvalue weighted by Crippen LogP contribution is -2.35. The molecule has 1 saturated heterocycles. The lowest BCUT2D eigenvalue weighted by molar-refractivity contribution is 0.139. The number of hydrogen-bond donors (Lipinski definition) is 1. The van der Waals surface area contributed by atoms with E-state index >= 15 is 0 Å². The summed E-state index contributed by atoms with van der Waals surface area (Å²) in [6, 6.07) is 9.38. The first-order chi connectivity index (χ1) is 14.1. The third kappa shape index (κ3) is 4.71. The van der Waals surface area contributed by atoms with Crippen molar-refractivity contribution in [2.24, 2.45) is 5.92 Å². The van der Waals surface area contributed by atoms with Gasteiger partial charge in [0.2, 0.25) is 11.9 Å². The van der Waals surface area contributed by atoms with Crippen molar-refractivity contribution in [3.05, 3.63) is 54.4 Å². The van der Waals surface area contributed by atoms with Crippen LogP contribution in [0.3, 0.4) is 0 Å². The van der Waals surface area contributed by atoms with E-state index in [1.165, 1.54) is 28.2 Å². The Bertz CT molecular complexity index is 974. The van der Waals surface area contributed by atoms with Crippen LogP contribution in [0.4, 0.5) is 21.7 Å². The van der Waals surface area contributed by atoms with Gasteiger partial charge < -0.3 is 15.0 Å². The fraction of sp³-hybridized carbons (Fsp3) is 0.381. The third-order valence-electron chi connectivity index (χ3n) is 5.17. The number of rotatable bonds is 6. The Morgan fingerprint density at radius 2 is 2.00 bits per heavy atom. The van der Waals surface area contributed by atoms with Gasteiger partial charge in [0, 0.05) is 51.9 Å². The minimum atomic E-state index is -0.551. The van der Waals surface area contributed by atoms with Crippen molar-refractivity contribution in [3.63, 3.8) is 0 Å². The predicted molar refractivity (Wildman–Crippen MR) is 113 cm³/mol. The minimum absolute atomic E-state index is 0. The summed E-state index contributed by atoms with van der Waals surface area (Å²) in [5, 5.41) is 7.65. The van der Waals surface area contributed by atoms with Crippen molar-refractivity contribution in [2.45, 2.75) is 19.8 Å². The van der Waals surface area contributed by atoms with Crippen LogP contribution < -0.4 is 10.2 Å². The molecule has 154 valence electrons. The number of piperidine rings is 1. The number of nitrogens with one attached hydrogen (secondary N) is 1. The van der Waals surface area contributed by atoms with E-state index in [0.29, 0.717) is 17.6 Å². The third-order valence-corrected chi connectivity index (χ3v) is 5.17. The van der Waals surface area contributed by atoms with Gasteiger partial charge in [-0.3, -0.25) is 0 Å². The second-order valence-corrected chi connectivity index (χ2v) is 7.42. The minimum Gasteiger partial charge on any atom is -0.384 e. The Hall–Kier alpha value is -3.00. The molecule has 0 unspecified atom stereocenters. The zero-order valence-electron chi connectivity index (χ0n) is 16.7. The molecule has 29 heavy (non-hydrogen) atoms. The van der Waals surface area contributed by atoms with E-state index in [-0.39, 0.29) is 1.43 Å². The first kappa shape index (κ1) is 19.3. The van der Waals surface area contributed by atoms with E-state index in [4.69, 9.17) is 4.74 Å². The molecule has 1 aliphatic heterocycles. The van der Waals surface area contributed by atoms with Crippen molar-refractivity contribution in [1.29, 1.82) is 0 Å². The molecular weight excluding hydrogens is 371 g/mol. The SMILES string of the molecule is COCC1CCN(c2cc(C)cc(Nc3ncn(-c4ccnc(F)c4)n3)c2)CC1.[HH]. The Morgan fingerprint density at radius 3 is 2.76 bits per heavy atom. The van der Waals surface area contributed by atoms with E-state index in [2.05, 4.69) is 50.4 Å². The number of nitrogens with zero attached hydrogens (tertiary/aromatic N) is 5. The van der Waals surface area contributed by atoms with Gasteiger partial charge in [0.25, 0.3) is 0 Å². The fourth-order valence-electron chi connectivity index (χ4n) is 3.72. The highest BCUT2D eigenvalue weighted by molar-refractivity contribution is 5.64. The van der Waals surface area contributed by atoms with E-state index in [1.807, 2.05) is 0 Å². The van der Waals surface area contributed by atoms with Gasteiger partial charge in [0.1, 0.15) is 6.33 Å². The maximum Gasteiger partial charge on any atom is 0.246 e. The summed E-state index contributed by atoms with van der Waals surface area (Å²) in [5.74, 6) is 0.549. The Labute approximate surface area is 171 Å². The first-order valence-corrected chi connectivity index (χ1v) is 9.77. The van der Waals surface area contributed by atoms with E-state index in [0.717, 1.165) is 38.2 Å². The zero-order chi connectivity index (χ0) is 20.2. The first-order valence-electron chi connectivity index (χ1n) is 9.77. The Balaban J connectivity index is 0.00000256. The van der Waals surface area contributed by atoms with Gasteiger partial charge in [-0.15, -0.1) is 5.10 Å². The fourth-order valence-corrected chi connectivity index (χ4v) is 3.72. The molecule has 0 bridgehead atoms. The summed E-state index contributed by atoms with van der Waals surface area (Å²) in [5.41, 5.74) is 3.86. The molecule has 0 spiro atoms. The number of pyridine rings is 1. The number of benzene rings is 1. The highest BCUT2D eigenvalue weighted by Crippen LogP contribution is 2.28. The van der Waals surface area contributed by atoms with Crippen LogP contribution in [0, 0.1) is 18.8 Å². The number of aryl methyl sites for hydroxylation is 1. The van der Waals surface area contributed by atoms with Crippen molar-refractivity contribution in [1.82, 2.24) is 19.7 Å². The second-order valence-electron chi connectivity index (χ2n) is 7.42. The number of ether oxygens (including phenoxy) is 1. The predicted octanol–water partition coefficient (Wildman–Crippen LogP) is 3.96. The normalized spacial score (nSPS) is 14.9. The maximum absolute atomic E-state index is 13.3. The number of aromatic nitrogens is 4. The number of anilines is 3. The van der Waals surface area contributed by atoms with Gasteiger partial charge in [-0.25, -0.2) is 9.67 Å². The van der Waals surface area contributed by atoms with Crippen LogP contribution >= 0.6 is 0 Å². The van der Waals surface area contributed by atoms with Crippen LogP contribution in [0.5, 0.6) is 0 Å². The van der Waals surface area contributed by atoms with Gasteiger partial charge in [-0.2, -0.15) is 9.37 Å². The highest BCUT2D eigenvalue weighted by Gasteiger charge is 2.20. The molecule has 0 radical (unpaired) electrons. The molecule has 0 saturated carbocycles. The molecule has 7 nitrogen and oxygen atoms in total. The summed E-state index contributed by atoms with van der Waals surface area (Å²) in [4.78, 5) is 10.3. The molecule has 0 aliphatic carbocycles. The second kappa shape index (κ2) is 8.57. The summed E-state index contributed by atoms with van der Waals surface area (Å²) >= 11 is 0. The van der Waals surface area contributed by atoms with Crippen LogP contribution in [0.2, 0.25) is 0 Å². The van der Waals surface area contributed by atoms with Crippen molar-refractivity contribution in [2.75, 3.05) is 37.0 Å². The van der Waals surface area contributed by atoms with E-state index in [1.54, 1.807) is 19.5 Å². The van der Waals surface area contributed by atoms with Crippen LogP contribution in [-0.2, 0) is 4.74 Å². The molecule has 0 amide bonds. The largest absolute Gasteiger partial charge is 0.384 e. The molecule has 1 aromatic carbocycles. The van der Waals surface area contributed by atoms with Gasteiger partial charge in [-0.1, -0.05) is 0 Å². The average molecular weight is 398 g/mol. The molecular formula is C21H27FN6O. The van der Waals surface area contributed by atoms with Crippen LogP contribution in [0.1, 0.15) is 19.8 Å². The van der Waals surface area contributed by atoms with Gasteiger partial charge in [-0.05, 0) is 55.5 Å². The maximum atomic E-state index is 13.3. The lowest BCUT2D eigenvalue weighted by Gasteiger charge is -2.33. The number of methoxy groups -OCH3 is 1. The topological polar surface area (TPSA) is 68.1 Å². The monoisotopic (exact) mass is 398 g/mol. The summed E-state index contributed by atoms with van der Waals surface area (Å²) < 4.78 is 20.2. The van der Waals surface area contributed by atoms with E-state index < -0.39 is 5.95 Å². The zero-order valence-corrected chi connectivity index (χ0v) is 16.7. The van der Waals surface area contributed by atoms with E-state index in [9.17, 15) is 4.39 Å². The molecule has 4 rings (SSSR count). The smallest absolute Gasteiger partial charge is 0.246 e. The summed E-state index contributed by atoms with van der Waals surface area (Å²) in [6.45, 7) is 4.97. The number of hydrogen-bond acceptors (Lipinski definition) is 6. The molecule has 2 aromatic heterocycles. The molecule has 0 atom stereocenters. The van der Waals surface area contributed by atoms with Crippen molar-refractivity contribution < 1.29 is 10.6 Å². The molecule has 1 aliphatic rings.